The molecule has 0 aliphatic heterocycles. The van der Waals surface area contributed by atoms with E-state index in [0.717, 1.165) is 6.20 Å². The van der Waals surface area contributed by atoms with Crippen LogP contribution >= 0.6 is 0 Å². The largest absolute Gasteiger partial charge is 0.372 e. The van der Waals surface area contributed by atoms with Crippen molar-refractivity contribution in [2.45, 2.75) is 0 Å². The van der Waals surface area contributed by atoms with Crippen molar-refractivity contribution < 1.29 is 9.72 Å². The number of anilines is 2. The molecule has 0 fully saturated rings. The second-order valence-corrected chi connectivity index (χ2v) is 3.89. The van der Waals surface area contributed by atoms with Gasteiger partial charge in [-0.3, -0.25) is 19.6 Å². The summed E-state index contributed by atoms with van der Waals surface area (Å²) < 4.78 is 1.47. The molecule has 0 bridgehead atoms. The van der Waals surface area contributed by atoms with Crippen molar-refractivity contribution >= 4 is 23.2 Å². The van der Waals surface area contributed by atoms with Crippen molar-refractivity contribution in [1.82, 2.24) is 14.8 Å². The summed E-state index contributed by atoms with van der Waals surface area (Å²) in [7, 11) is 3.25. The number of nitrogens with one attached hydrogen (secondary N) is 2. The van der Waals surface area contributed by atoms with Gasteiger partial charge < -0.3 is 10.6 Å². The van der Waals surface area contributed by atoms with Gasteiger partial charge in [0, 0.05) is 26.2 Å². The molecule has 0 atom stereocenters. The third-order valence-electron chi connectivity index (χ3n) is 2.63. The van der Waals surface area contributed by atoms with Crippen LogP contribution in [0.1, 0.15) is 10.4 Å². The molecule has 2 aromatic heterocycles. The van der Waals surface area contributed by atoms with Gasteiger partial charge in [-0.05, 0) is 0 Å². The quantitative estimate of drug-likeness (QED) is 0.636. The normalized spacial score (nSPS) is 10.1. The average Bonchev–Trinajstić information content (AvgIpc) is 2.83. The first kappa shape index (κ1) is 13.5. The van der Waals surface area contributed by atoms with Gasteiger partial charge in [-0.1, -0.05) is 0 Å². The molecule has 2 N–H and O–H groups in total. The summed E-state index contributed by atoms with van der Waals surface area (Å²) in [6.07, 6.45) is 2.62. The Morgan fingerprint density at radius 1 is 1.50 bits per heavy atom. The Morgan fingerprint density at radius 2 is 2.25 bits per heavy atom. The van der Waals surface area contributed by atoms with Crippen molar-refractivity contribution in [3.05, 3.63) is 40.2 Å². The van der Waals surface area contributed by atoms with Crippen LogP contribution in [0.5, 0.6) is 0 Å². The fourth-order valence-electron chi connectivity index (χ4n) is 1.61. The Hall–Kier alpha value is -2.97. The predicted molar refractivity (Wildman–Crippen MR) is 71.6 cm³/mol. The van der Waals surface area contributed by atoms with Crippen LogP contribution in [0.25, 0.3) is 0 Å². The summed E-state index contributed by atoms with van der Waals surface area (Å²) in [5.41, 5.74) is -0.165. The molecular formula is C11H12N6O3. The number of pyridine rings is 1. The van der Waals surface area contributed by atoms with E-state index in [1.54, 1.807) is 20.2 Å². The number of nitro groups is 1. The molecule has 0 aliphatic rings. The van der Waals surface area contributed by atoms with E-state index in [9.17, 15) is 14.9 Å². The Labute approximate surface area is 113 Å². The average molecular weight is 276 g/mol. The maximum Gasteiger partial charge on any atom is 0.288 e. The van der Waals surface area contributed by atoms with Gasteiger partial charge in [0.25, 0.3) is 11.6 Å². The van der Waals surface area contributed by atoms with Crippen LogP contribution in [0.2, 0.25) is 0 Å². The zero-order valence-electron chi connectivity index (χ0n) is 10.8. The van der Waals surface area contributed by atoms with Crippen LogP contribution in [0, 0.1) is 10.1 Å². The Kier molecular flexibility index (Phi) is 3.60. The van der Waals surface area contributed by atoms with E-state index in [1.807, 2.05) is 0 Å². The van der Waals surface area contributed by atoms with E-state index in [4.69, 9.17) is 0 Å². The fourth-order valence-corrected chi connectivity index (χ4v) is 1.61. The fraction of sp³-hybridized carbons (Fsp3) is 0.182. The summed E-state index contributed by atoms with van der Waals surface area (Å²) in [6, 6.07) is 2.78. The molecule has 104 valence electrons. The number of amides is 1. The van der Waals surface area contributed by atoms with Crippen molar-refractivity contribution in [3.63, 3.8) is 0 Å². The molecule has 2 aromatic rings. The van der Waals surface area contributed by atoms with Gasteiger partial charge >= 0.3 is 0 Å². The predicted octanol–water partition coefficient (Wildman–Crippen LogP) is 1.02. The summed E-state index contributed by atoms with van der Waals surface area (Å²) in [5.74, 6) is 0.230. The Bertz CT molecular complexity index is 666. The monoisotopic (exact) mass is 276 g/mol. The van der Waals surface area contributed by atoms with Crippen LogP contribution in [-0.2, 0) is 7.05 Å². The first-order chi connectivity index (χ1) is 9.52. The van der Waals surface area contributed by atoms with Gasteiger partial charge in [-0.25, -0.2) is 4.98 Å². The number of carbonyl (C=O) groups is 1. The number of rotatable bonds is 4. The minimum atomic E-state index is -0.604. The van der Waals surface area contributed by atoms with Gasteiger partial charge in [0.05, 0.1) is 16.7 Å². The number of carbonyl (C=O) groups excluding carboxylic acids is 1. The number of nitrogens with zero attached hydrogens (tertiary/aromatic N) is 4. The molecule has 9 heteroatoms. The van der Waals surface area contributed by atoms with Crippen LogP contribution in [0.15, 0.2) is 24.5 Å². The van der Waals surface area contributed by atoms with E-state index in [-0.39, 0.29) is 17.1 Å². The molecule has 0 aromatic carbocycles. The molecular weight excluding hydrogens is 264 g/mol. The van der Waals surface area contributed by atoms with Gasteiger partial charge in [0.15, 0.2) is 0 Å². The third-order valence-corrected chi connectivity index (χ3v) is 2.63. The molecule has 0 saturated carbocycles. The minimum Gasteiger partial charge on any atom is -0.372 e. The molecule has 0 spiro atoms. The molecule has 0 radical (unpaired) electrons. The molecule has 2 rings (SSSR count). The Balaban J connectivity index is 2.35. The van der Waals surface area contributed by atoms with Crippen molar-refractivity contribution in [3.8, 4) is 0 Å². The van der Waals surface area contributed by atoms with E-state index < -0.39 is 10.8 Å². The van der Waals surface area contributed by atoms with E-state index in [0.29, 0.717) is 5.82 Å². The van der Waals surface area contributed by atoms with Gasteiger partial charge in [-0.15, -0.1) is 0 Å². The first-order valence-electron chi connectivity index (χ1n) is 5.64. The van der Waals surface area contributed by atoms with E-state index in [1.165, 1.54) is 16.9 Å². The molecule has 2 heterocycles. The smallest absolute Gasteiger partial charge is 0.288 e. The molecule has 20 heavy (non-hydrogen) atoms. The topological polar surface area (TPSA) is 115 Å². The number of aromatic nitrogens is 3. The highest BCUT2D eigenvalue weighted by Gasteiger charge is 2.18. The maximum atomic E-state index is 12.2. The maximum absolute atomic E-state index is 12.2. The lowest BCUT2D eigenvalue weighted by molar-refractivity contribution is -0.385. The number of aryl methyl sites for hydroxylation is 1. The second kappa shape index (κ2) is 5.34. The lowest BCUT2D eigenvalue weighted by Gasteiger charge is -2.08. The first-order valence-corrected chi connectivity index (χ1v) is 5.64. The highest BCUT2D eigenvalue weighted by atomic mass is 16.6. The zero-order valence-corrected chi connectivity index (χ0v) is 10.8. The number of hydrogen-bond donors (Lipinski definition) is 2. The SMILES string of the molecule is CNc1ncc([N+](=O)[O-])cc1C(=O)Nc1ccnn1C. The van der Waals surface area contributed by atoms with Crippen molar-refractivity contribution in [1.29, 1.82) is 0 Å². The molecule has 0 unspecified atom stereocenters. The van der Waals surface area contributed by atoms with Gasteiger partial charge in [0.2, 0.25) is 0 Å². The van der Waals surface area contributed by atoms with Crippen LogP contribution in [-0.4, -0.2) is 32.6 Å². The van der Waals surface area contributed by atoms with Crippen LogP contribution in [0.4, 0.5) is 17.3 Å². The lowest BCUT2D eigenvalue weighted by Crippen LogP contribution is -2.17. The second-order valence-electron chi connectivity index (χ2n) is 3.89. The van der Waals surface area contributed by atoms with Crippen molar-refractivity contribution in [2.24, 2.45) is 7.05 Å². The third kappa shape index (κ3) is 2.55. The summed E-state index contributed by atoms with van der Waals surface area (Å²) in [6.45, 7) is 0. The zero-order chi connectivity index (χ0) is 14.7. The standard InChI is InChI=1S/C11H12N6O3/c1-12-10-8(5-7(6-13-10)17(19)20)11(18)15-9-3-4-14-16(9)2/h3-6H,1-2H3,(H,12,13)(H,15,18). The minimum absolute atomic E-state index is 0.0860. The Morgan fingerprint density at radius 3 is 2.80 bits per heavy atom. The number of hydrogen-bond acceptors (Lipinski definition) is 6. The van der Waals surface area contributed by atoms with Gasteiger partial charge in [-0.2, -0.15) is 5.10 Å². The highest BCUT2D eigenvalue weighted by molar-refractivity contribution is 6.07. The molecule has 0 saturated heterocycles. The molecule has 0 aliphatic carbocycles. The highest BCUT2D eigenvalue weighted by Crippen LogP contribution is 2.20. The molecule has 9 nitrogen and oxygen atoms in total. The van der Waals surface area contributed by atoms with E-state index >= 15 is 0 Å². The van der Waals surface area contributed by atoms with Crippen molar-refractivity contribution in [2.75, 3.05) is 17.7 Å². The summed E-state index contributed by atoms with van der Waals surface area (Å²) in [4.78, 5) is 26.2. The van der Waals surface area contributed by atoms with Gasteiger partial charge in [0.1, 0.15) is 17.8 Å². The summed E-state index contributed by atoms with van der Waals surface area (Å²) >= 11 is 0. The molecule has 1 amide bonds. The summed E-state index contributed by atoms with van der Waals surface area (Å²) in [5, 5.41) is 20.0. The van der Waals surface area contributed by atoms with Crippen LogP contribution < -0.4 is 10.6 Å². The van der Waals surface area contributed by atoms with E-state index in [2.05, 4.69) is 20.7 Å². The van der Waals surface area contributed by atoms with Crippen LogP contribution in [0.3, 0.4) is 0 Å². The lowest BCUT2D eigenvalue weighted by atomic mass is 10.2.